The zero-order chi connectivity index (χ0) is 13.9. The highest BCUT2D eigenvalue weighted by molar-refractivity contribution is 6.36. The first-order chi connectivity index (χ1) is 8.43. The van der Waals surface area contributed by atoms with Gasteiger partial charge in [0.25, 0.3) is 5.69 Å². The molecule has 0 amide bonds. The molecule has 8 heteroatoms. The van der Waals surface area contributed by atoms with Crippen molar-refractivity contribution in [1.82, 2.24) is 0 Å². The Morgan fingerprint density at radius 2 is 2.06 bits per heavy atom. The van der Waals surface area contributed by atoms with Gasteiger partial charge in [-0.15, -0.1) is 0 Å². The van der Waals surface area contributed by atoms with Crippen molar-refractivity contribution in [3.63, 3.8) is 0 Å². The molecule has 0 aromatic heterocycles. The molecule has 0 unspecified atom stereocenters. The minimum Gasteiger partial charge on any atom is -0.465 e. The molecule has 1 aromatic rings. The normalized spacial score (nSPS) is 10.0. The fraction of sp³-hybridized carbons (Fsp3) is 0.300. The molecule has 0 aliphatic rings. The Balaban J connectivity index is 3.49. The van der Waals surface area contributed by atoms with Gasteiger partial charge in [0.2, 0.25) is 0 Å². The molecular weight excluding hydrogens is 264 g/mol. The van der Waals surface area contributed by atoms with Crippen LogP contribution < -0.4 is 5.06 Å². The van der Waals surface area contributed by atoms with Crippen LogP contribution in [-0.2, 0) is 9.57 Å². The largest absolute Gasteiger partial charge is 0.465 e. The molecule has 1 rings (SSSR count). The van der Waals surface area contributed by atoms with Gasteiger partial charge in [0.05, 0.1) is 29.9 Å². The number of nitro groups is 1. The summed E-state index contributed by atoms with van der Waals surface area (Å²) in [5.74, 6) is -0.877. The van der Waals surface area contributed by atoms with E-state index in [1.165, 1.54) is 24.3 Å². The molecule has 7 nitrogen and oxygen atoms in total. The van der Waals surface area contributed by atoms with Crippen molar-refractivity contribution in [1.29, 1.82) is 0 Å². The van der Waals surface area contributed by atoms with Crippen molar-refractivity contribution in [3.8, 4) is 0 Å². The molecular formula is C10H11ClN2O5. The standard InChI is InChI=1S/C10H11ClN2O5/c1-12(18-3)7-5-4-6(13(15)16)8(9(7)11)10(14)17-2/h4-5H,1-3H3. The van der Waals surface area contributed by atoms with E-state index < -0.39 is 16.6 Å². The molecule has 0 aliphatic heterocycles. The summed E-state index contributed by atoms with van der Waals surface area (Å²) in [4.78, 5) is 26.6. The third kappa shape index (κ3) is 2.52. The molecule has 0 N–H and O–H groups in total. The highest BCUT2D eigenvalue weighted by Gasteiger charge is 2.27. The number of carbonyl (C=O) groups is 1. The Hall–Kier alpha value is -1.86. The number of halogens is 1. The molecule has 0 spiro atoms. The third-order valence-corrected chi connectivity index (χ3v) is 2.68. The second-order valence-corrected chi connectivity index (χ2v) is 3.60. The van der Waals surface area contributed by atoms with Crippen LogP contribution in [0.15, 0.2) is 12.1 Å². The number of nitro benzene ring substituents is 1. The van der Waals surface area contributed by atoms with Crippen LogP contribution in [0.3, 0.4) is 0 Å². The number of ether oxygens (including phenoxy) is 1. The molecule has 0 aliphatic carbocycles. The lowest BCUT2D eigenvalue weighted by Gasteiger charge is -2.18. The van der Waals surface area contributed by atoms with Crippen molar-refractivity contribution in [2.75, 3.05) is 26.3 Å². The number of hydrogen-bond donors (Lipinski definition) is 0. The number of hydrogen-bond acceptors (Lipinski definition) is 6. The quantitative estimate of drug-likeness (QED) is 0.475. The fourth-order valence-electron chi connectivity index (χ4n) is 1.34. The van der Waals surface area contributed by atoms with Gasteiger partial charge in [-0.1, -0.05) is 11.6 Å². The number of benzene rings is 1. The summed E-state index contributed by atoms with van der Waals surface area (Å²) >= 11 is 5.98. The summed E-state index contributed by atoms with van der Waals surface area (Å²) < 4.78 is 4.49. The molecule has 0 saturated heterocycles. The molecule has 0 radical (unpaired) electrons. The van der Waals surface area contributed by atoms with Gasteiger partial charge in [-0.2, -0.15) is 0 Å². The molecule has 0 atom stereocenters. The molecule has 18 heavy (non-hydrogen) atoms. The Morgan fingerprint density at radius 3 is 2.50 bits per heavy atom. The van der Waals surface area contributed by atoms with Gasteiger partial charge in [0.15, 0.2) is 5.56 Å². The van der Waals surface area contributed by atoms with E-state index in [0.717, 1.165) is 7.11 Å². The van der Waals surface area contributed by atoms with Gasteiger partial charge in [-0.05, 0) is 6.07 Å². The molecule has 0 bridgehead atoms. The van der Waals surface area contributed by atoms with E-state index in [1.807, 2.05) is 0 Å². The lowest BCUT2D eigenvalue weighted by molar-refractivity contribution is -0.385. The highest BCUT2D eigenvalue weighted by Crippen LogP contribution is 2.35. The number of anilines is 1. The SMILES string of the molecule is COC(=O)c1c([N+](=O)[O-])ccc(N(C)OC)c1Cl. The monoisotopic (exact) mass is 274 g/mol. The summed E-state index contributed by atoms with van der Waals surface area (Å²) in [6.45, 7) is 0. The van der Waals surface area contributed by atoms with E-state index in [-0.39, 0.29) is 10.6 Å². The van der Waals surface area contributed by atoms with Crippen molar-refractivity contribution in [3.05, 3.63) is 32.8 Å². The summed E-state index contributed by atoms with van der Waals surface area (Å²) in [7, 11) is 4.07. The first-order valence-electron chi connectivity index (χ1n) is 4.77. The van der Waals surface area contributed by atoms with Crippen LogP contribution in [-0.4, -0.2) is 32.2 Å². The zero-order valence-corrected chi connectivity index (χ0v) is 10.7. The Labute approximate surface area is 108 Å². The number of methoxy groups -OCH3 is 1. The van der Waals surface area contributed by atoms with E-state index in [1.54, 1.807) is 7.05 Å². The molecule has 0 fully saturated rings. The maximum absolute atomic E-state index is 11.6. The highest BCUT2D eigenvalue weighted by atomic mass is 35.5. The van der Waals surface area contributed by atoms with Gasteiger partial charge in [0, 0.05) is 13.1 Å². The summed E-state index contributed by atoms with van der Waals surface area (Å²) in [6, 6.07) is 2.55. The number of hydroxylamine groups is 1. The Morgan fingerprint density at radius 1 is 1.44 bits per heavy atom. The molecule has 0 heterocycles. The van der Waals surface area contributed by atoms with Gasteiger partial charge >= 0.3 is 5.97 Å². The Bertz CT molecular complexity index is 491. The van der Waals surface area contributed by atoms with Crippen molar-refractivity contribution in [2.24, 2.45) is 0 Å². The maximum atomic E-state index is 11.6. The van der Waals surface area contributed by atoms with Gasteiger partial charge < -0.3 is 4.74 Å². The topological polar surface area (TPSA) is 81.9 Å². The van der Waals surface area contributed by atoms with Crippen LogP contribution in [0, 0.1) is 10.1 Å². The molecule has 0 saturated carbocycles. The van der Waals surface area contributed by atoms with Crippen LogP contribution in [0.25, 0.3) is 0 Å². The number of nitrogens with zero attached hydrogens (tertiary/aromatic N) is 2. The minimum absolute atomic E-state index is 0.0969. The lowest BCUT2D eigenvalue weighted by Crippen LogP contribution is -2.17. The van der Waals surface area contributed by atoms with Gasteiger partial charge in [-0.3, -0.25) is 20.0 Å². The van der Waals surface area contributed by atoms with E-state index in [4.69, 9.17) is 16.4 Å². The average molecular weight is 275 g/mol. The van der Waals surface area contributed by atoms with Crippen LogP contribution in [0.4, 0.5) is 11.4 Å². The molecule has 98 valence electrons. The van der Waals surface area contributed by atoms with Crippen molar-refractivity contribution in [2.45, 2.75) is 0 Å². The first-order valence-corrected chi connectivity index (χ1v) is 5.14. The van der Waals surface area contributed by atoms with Crippen LogP contribution in [0.2, 0.25) is 5.02 Å². The third-order valence-electron chi connectivity index (χ3n) is 2.30. The van der Waals surface area contributed by atoms with Crippen LogP contribution >= 0.6 is 11.6 Å². The van der Waals surface area contributed by atoms with Crippen molar-refractivity contribution >= 4 is 28.9 Å². The van der Waals surface area contributed by atoms with Crippen LogP contribution in [0.1, 0.15) is 10.4 Å². The summed E-state index contributed by atoms with van der Waals surface area (Å²) in [5, 5.41) is 12.0. The second kappa shape index (κ2) is 5.65. The second-order valence-electron chi connectivity index (χ2n) is 3.22. The summed E-state index contributed by atoms with van der Waals surface area (Å²) in [6.07, 6.45) is 0. The van der Waals surface area contributed by atoms with Gasteiger partial charge in [-0.25, -0.2) is 4.79 Å². The van der Waals surface area contributed by atoms with E-state index >= 15 is 0 Å². The average Bonchev–Trinajstić information content (AvgIpc) is 2.36. The lowest BCUT2D eigenvalue weighted by atomic mass is 10.1. The molecule has 1 aromatic carbocycles. The number of carbonyl (C=O) groups excluding carboxylic acids is 1. The first kappa shape index (κ1) is 14.2. The maximum Gasteiger partial charge on any atom is 0.346 e. The predicted molar refractivity (Wildman–Crippen MR) is 64.9 cm³/mol. The summed E-state index contributed by atoms with van der Waals surface area (Å²) in [5.41, 5.74) is -0.393. The van der Waals surface area contributed by atoms with E-state index in [9.17, 15) is 14.9 Å². The number of rotatable bonds is 4. The van der Waals surface area contributed by atoms with Gasteiger partial charge in [0.1, 0.15) is 0 Å². The van der Waals surface area contributed by atoms with E-state index in [2.05, 4.69) is 4.74 Å². The van der Waals surface area contributed by atoms with Crippen LogP contribution in [0.5, 0.6) is 0 Å². The predicted octanol–water partition coefficient (Wildman–Crippen LogP) is 2.03. The minimum atomic E-state index is -0.877. The van der Waals surface area contributed by atoms with Crippen molar-refractivity contribution < 1.29 is 19.3 Å². The van der Waals surface area contributed by atoms with E-state index in [0.29, 0.717) is 5.69 Å². The fourth-order valence-corrected chi connectivity index (χ4v) is 1.70. The Kier molecular flexibility index (Phi) is 4.46. The zero-order valence-electron chi connectivity index (χ0n) is 9.97. The smallest absolute Gasteiger partial charge is 0.346 e. The number of esters is 1.